The van der Waals surface area contributed by atoms with Crippen LogP contribution in [0.2, 0.25) is 0 Å². The van der Waals surface area contributed by atoms with Crippen molar-refractivity contribution < 1.29 is 4.74 Å². The minimum Gasteiger partial charge on any atom is -0.479 e. The molecule has 75 valence electrons. The van der Waals surface area contributed by atoms with Crippen LogP contribution in [-0.4, -0.2) is 17.1 Å². The van der Waals surface area contributed by atoms with Gasteiger partial charge in [-0.2, -0.15) is 0 Å². The summed E-state index contributed by atoms with van der Waals surface area (Å²) in [6, 6.07) is 8.71. The molecule has 3 nitrogen and oxygen atoms in total. The molecule has 0 unspecified atom stereocenters. The van der Waals surface area contributed by atoms with Gasteiger partial charge in [0.15, 0.2) is 0 Å². The summed E-state index contributed by atoms with van der Waals surface area (Å²) in [7, 11) is 1.58. The fourth-order valence-electron chi connectivity index (χ4n) is 1.26. The molecular formula is C11H8BrN2O. The average Bonchev–Trinajstić information content (AvgIpc) is 2.30. The van der Waals surface area contributed by atoms with Crippen LogP contribution in [0.5, 0.6) is 5.88 Å². The van der Waals surface area contributed by atoms with E-state index in [-0.39, 0.29) is 0 Å². The highest BCUT2D eigenvalue weighted by Gasteiger charge is 2.10. The summed E-state index contributed by atoms with van der Waals surface area (Å²) in [5.74, 6) is 0.512. The van der Waals surface area contributed by atoms with Crippen LogP contribution in [0.25, 0.3) is 11.3 Å². The minimum atomic E-state index is 0.512. The van der Waals surface area contributed by atoms with Crippen molar-refractivity contribution in [3.05, 3.63) is 41.1 Å². The van der Waals surface area contributed by atoms with Crippen LogP contribution in [0.3, 0.4) is 0 Å². The number of hydrogen-bond donors (Lipinski definition) is 0. The van der Waals surface area contributed by atoms with Crippen LogP contribution in [0.4, 0.5) is 0 Å². The Balaban J connectivity index is 2.59. The molecule has 15 heavy (non-hydrogen) atoms. The SMILES string of the molecule is COc1nccnc1-c1ccc[c]c1Br. The summed E-state index contributed by atoms with van der Waals surface area (Å²) >= 11 is 3.42. The van der Waals surface area contributed by atoms with E-state index in [1.54, 1.807) is 19.5 Å². The second kappa shape index (κ2) is 4.40. The van der Waals surface area contributed by atoms with Crippen LogP contribution in [0.1, 0.15) is 0 Å². The van der Waals surface area contributed by atoms with Gasteiger partial charge in [0, 0.05) is 22.4 Å². The standard InChI is InChI=1S/C11H8BrN2O/c1-15-11-10(13-6-7-14-11)8-4-2-3-5-9(8)12/h2-4,6-7H,1H3. The van der Waals surface area contributed by atoms with Crippen molar-refractivity contribution >= 4 is 15.9 Å². The Morgan fingerprint density at radius 3 is 2.87 bits per heavy atom. The molecule has 1 radical (unpaired) electrons. The molecule has 0 spiro atoms. The third-order valence-corrected chi connectivity index (χ3v) is 2.57. The fourth-order valence-corrected chi connectivity index (χ4v) is 1.71. The van der Waals surface area contributed by atoms with Gasteiger partial charge in [-0.3, -0.25) is 0 Å². The Bertz CT molecular complexity index is 474. The van der Waals surface area contributed by atoms with Gasteiger partial charge in [0.25, 0.3) is 0 Å². The lowest BCUT2D eigenvalue weighted by molar-refractivity contribution is 0.397. The Morgan fingerprint density at radius 2 is 2.13 bits per heavy atom. The lowest BCUT2D eigenvalue weighted by atomic mass is 10.1. The van der Waals surface area contributed by atoms with Crippen molar-refractivity contribution in [1.29, 1.82) is 0 Å². The van der Waals surface area contributed by atoms with Gasteiger partial charge < -0.3 is 4.74 Å². The van der Waals surface area contributed by atoms with E-state index < -0.39 is 0 Å². The number of methoxy groups -OCH3 is 1. The zero-order chi connectivity index (χ0) is 10.7. The average molecular weight is 264 g/mol. The Morgan fingerprint density at radius 1 is 1.33 bits per heavy atom. The van der Waals surface area contributed by atoms with Gasteiger partial charge in [0.1, 0.15) is 5.69 Å². The summed E-state index contributed by atoms with van der Waals surface area (Å²) in [6.07, 6.45) is 3.24. The molecule has 4 heteroatoms. The van der Waals surface area contributed by atoms with Gasteiger partial charge in [0.05, 0.1) is 7.11 Å². The van der Waals surface area contributed by atoms with Crippen molar-refractivity contribution in [1.82, 2.24) is 9.97 Å². The zero-order valence-corrected chi connectivity index (χ0v) is 9.65. The first-order chi connectivity index (χ1) is 7.33. The molecule has 0 saturated heterocycles. The molecule has 0 amide bonds. The molecule has 0 bridgehead atoms. The quantitative estimate of drug-likeness (QED) is 0.836. The maximum Gasteiger partial charge on any atom is 0.240 e. The maximum atomic E-state index is 5.15. The van der Waals surface area contributed by atoms with Gasteiger partial charge in [-0.15, -0.1) is 0 Å². The molecule has 0 aliphatic rings. The van der Waals surface area contributed by atoms with Crippen molar-refractivity contribution in [3.8, 4) is 17.1 Å². The monoisotopic (exact) mass is 263 g/mol. The first-order valence-electron chi connectivity index (χ1n) is 4.34. The van der Waals surface area contributed by atoms with Gasteiger partial charge in [0.2, 0.25) is 5.88 Å². The topological polar surface area (TPSA) is 35.0 Å². The molecule has 1 aromatic heterocycles. The van der Waals surface area contributed by atoms with Crippen LogP contribution in [-0.2, 0) is 0 Å². The lowest BCUT2D eigenvalue weighted by Crippen LogP contribution is -1.94. The Kier molecular flexibility index (Phi) is 2.97. The number of halogens is 1. The van der Waals surface area contributed by atoms with Crippen LogP contribution < -0.4 is 4.74 Å². The zero-order valence-electron chi connectivity index (χ0n) is 8.07. The molecule has 0 fully saturated rings. The van der Waals surface area contributed by atoms with Crippen molar-refractivity contribution in [3.63, 3.8) is 0 Å². The highest BCUT2D eigenvalue weighted by atomic mass is 79.9. The normalized spacial score (nSPS) is 10.0. The Hall–Kier alpha value is -1.42. The van der Waals surface area contributed by atoms with Gasteiger partial charge in [-0.25, -0.2) is 9.97 Å². The predicted octanol–water partition coefficient (Wildman–Crippen LogP) is 2.71. The first kappa shape index (κ1) is 10.1. The highest BCUT2D eigenvalue weighted by Crippen LogP contribution is 2.30. The van der Waals surface area contributed by atoms with Crippen LogP contribution in [0, 0.1) is 6.07 Å². The van der Waals surface area contributed by atoms with E-state index in [2.05, 4.69) is 32.0 Å². The van der Waals surface area contributed by atoms with E-state index in [0.29, 0.717) is 11.6 Å². The largest absolute Gasteiger partial charge is 0.479 e. The molecule has 0 aliphatic carbocycles. The molecule has 2 aromatic rings. The lowest BCUT2D eigenvalue weighted by Gasteiger charge is -2.06. The number of nitrogens with zero attached hydrogens (tertiary/aromatic N) is 2. The minimum absolute atomic E-state index is 0.512. The third kappa shape index (κ3) is 1.99. The van der Waals surface area contributed by atoms with E-state index in [4.69, 9.17) is 4.74 Å². The molecule has 0 atom stereocenters. The number of ether oxygens (including phenoxy) is 1. The summed E-state index contributed by atoms with van der Waals surface area (Å²) in [4.78, 5) is 8.34. The van der Waals surface area contributed by atoms with E-state index >= 15 is 0 Å². The predicted molar refractivity (Wildman–Crippen MR) is 60.6 cm³/mol. The third-order valence-electron chi connectivity index (χ3n) is 1.92. The summed E-state index contributed by atoms with van der Waals surface area (Å²) in [5.41, 5.74) is 1.63. The van der Waals surface area contributed by atoms with Gasteiger partial charge in [-0.1, -0.05) is 18.2 Å². The molecule has 0 aliphatic heterocycles. The number of aromatic nitrogens is 2. The molecule has 1 aromatic carbocycles. The number of rotatable bonds is 2. The fraction of sp³-hybridized carbons (Fsp3) is 0.0909. The van der Waals surface area contributed by atoms with Crippen molar-refractivity contribution in [2.45, 2.75) is 0 Å². The van der Waals surface area contributed by atoms with E-state index in [1.165, 1.54) is 0 Å². The highest BCUT2D eigenvalue weighted by molar-refractivity contribution is 9.10. The number of benzene rings is 1. The maximum absolute atomic E-state index is 5.15. The molecular weight excluding hydrogens is 256 g/mol. The number of hydrogen-bond acceptors (Lipinski definition) is 3. The Labute approximate surface area is 96.3 Å². The molecule has 1 heterocycles. The smallest absolute Gasteiger partial charge is 0.240 e. The summed E-state index contributed by atoms with van der Waals surface area (Å²) < 4.78 is 6.00. The van der Waals surface area contributed by atoms with E-state index in [0.717, 1.165) is 10.0 Å². The van der Waals surface area contributed by atoms with Gasteiger partial charge >= 0.3 is 0 Å². The van der Waals surface area contributed by atoms with Crippen molar-refractivity contribution in [2.75, 3.05) is 7.11 Å². The summed E-state index contributed by atoms with van der Waals surface area (Å²) in [5, 5.41) is 0. The molecule has 0 saturated carbocycles. The second-order valence-corrected chi connectivity index (χ2v) is 3.61. The van der Waals surface area contributed by atoms with Gasteiger partial charge in [-0.05, 0) is 22.0 Å². The first-order valence-corrected chi connectivity index (χ1v) is 5.14. The van der Waals surface area contributed by atoms with E-state index in [1.807, 2.05) is 18.2 Å². The molecule has 2 rings (SSSR count). The van der Waals surface area contributed by atoms with Crippen LogP contribution in [0.15, 0.2) is 35.1 Å². The van der Waals surface area contributed by atoms with Crippen molar-refractivity contribution in [2.24, 2.45) is 0 Å². The van der Waals surface area contributed by atoms with E-state index in [9.17, 15) is 0 Å². The van der Waals surface area contributed by atoms with Crippen LogP contribution >= 0.6 is 15.9 Å². The molecule has 0 N–H and O–H groups in total. The second-order valence-electron chi connectivity index (χ2n) is 2.81. The summed E-state index contributed by atoms with van der Waals surface area (Å²) in [6.45, 7) is 0.